The molecule has 2 aromatic carbocycles. The third kappa shape index (κ3) is 2.84. The molecule has 0 radical (unpaired) electrons. The third-order valence-electron chi connectivity index (χ3n) is 3.07. The number of aromatic nitrogens is 4. The van der Waals surface area contributed by atoms with Crippen LogP contribution in [0, 0.1) is 0 Å². The number of rotatable bonds is 3. The van der Waals surface area contributed by atoms with Gasteiger partial charge in [0.2, 0.25) is 0 Å². The summed E-state index contributed by atoms with van der Waals surface area (Å²) in [6.45, 7) is 0.476. The van der Waals surface area contributed by atoms with E-state index in [2.05, 4.69) is 15.5 Å². The molecule has 0 amide bonds. The Balaban J connectivity index is 1.97. The van der Waals surface area contributed by atoms with Crippen molar-refractivity contribution in [2.24, 2.45) is 0 Å². The fourth-order valence-electron chi connectivity index (χ4n) is 1.97. The van der Waals surface area contributed by atoms with Crippen LogP contribution in [-0.4, -0.2) is 20.2 Å². The van der Waals surface area contributed by atoms with Crippen LogP contribution in [0.2, 0.25) is 10.0 Å². The Kier molecular flexibility index (Phi) is 3.77. The number of nitrogens with two attached hydrogens (primary N) is 1. The van der Waals surface area contributed by atoms with Crippen molar-refractivity contribution in [2.45, 2.75) is 6.54 Å². The van der Waals surface area contributed by atoms with Crippen LogP contribution in [0.4, 0.5) is 5.69 Å². The van der Waals surface area contributed by atoms with Gasteiger partial charge in [-0.2, -0.15) is 0 Å². The number of benzene rings is 2. The van der Waals surface area contributed by atoms with Gasteiger partial charge in [-0.3, -0.25) is 0 Å². The molecule has 5 nitrogen and oxygen atoms in total. The highest BCUT2D eigenvalue weighted by molar-refractivity contribution is 6.33. The van der Waals surface area contributed by atoms with Crippen LogP contribution in [0.3, 0.4) is 0 Å². The van der Waals surface area contributed by atoms with E-state index in [1.54, 1.807) is 16.8 Å². The number of hydrogen-bond donors (Lipinski definition) is 1. The first-order valence-corrected chi connectivity index (χ1v) is 6.95. The maximum Gasteiger partial charge on any atom is 0.182 e. The SMILES string of the molecule is Nc1ccc(-c2nnnn2Cc2ccccc2Cl)cc1Cl. The molecule has 0 spiro atoms. The molecule has 0 saturated heterocycles. The van der Waals surface area contributed by atoms with Crippen LogP contribution < -0.4 is 5.73 Å². The van der Waals surface area contributed by atoms with E-state index in [1.165, 1.54) is 0 Å². The Bertz CT molecular complexity index is 785. The highest BCUT2D eigenvalue weighted by Gasteiger charge is 2.12. The molecule has 106 valence electrons. The van der Waals surface area contributed by atoms with Gasteiger partial charge in [-0.15, -0.1) is 5.10 Å². The van der Waals surface area contributed by atoms with Crippen molar-refractivity contribution in [3.63, 3.8) is 0 Å². The Hall–Kier alpha value is -2.11. The maximum absolute atomic E-state index is 6.17. The quantitative estimate of drug-likeness (QED) is 0.752. The summed E-state index contributed by atoms with van der Waals surface area (Å²) in [4.78, 5) is 0. The number of halogens is 2. The van der Waals surface area contributed by atoms with Crippen molar-refractivity contribution < 1.29 is 0 Å². The van der Waals surface area contributed by atoms with Crippen molar-refractivity contribution >= 4 is 28.9 Å². The molecular formula is C14H11Cl2N5. The molecule has 0 unspecified atom stereocenters. The maximum atomic E-state index is 6.17. The molecule has 0 bridgehead atoms. The molecule has 3 aromatic rings. The summed E-state index contributed by atoms with van der Waals surface area (Å²) in [6.07, 6.45) is 0. The lowest BCUT2D eigenvalue weighted by atomic mass is 10.2. The molecule has 0 aliphatic heterocycles. The Morgan fingerprint density at radius 3 is 2.62 bits per heavy atom. The zero-order valence-corrected chi connectivity index (χ0v) is 12.4. The van der Waals surface area contributed by atoms with Crippen LogP contribution in [0.5, 0.6) is 0 Å². The lowest BCUT2D eigenvalue weighted by Crippen LogP contribution is -2.05. The van der Waals surface area contributed by atoms with E-state index in [4.69, 9.17) is 28.9 Å². The average molecular weight is 320 g/mol. The number of nitrogens with zero attached hydrogens (tertiary/aromatic N) is 4. The summed E-state index contributed by atoms with van der Waals surface area (Å²) in [5.74, 6) is 0.608. The predicted molar refractivity (Wildman–Crippen MR) is 83.2 cm³/mol. The molecular weight excluding hydrogens is 309 g/mol. The van der Waals surface area contributed by atoms with Gasteiger partial charge >= 0.3 is 0 Å². The van der Waals surface area contributed by atoms with Gasteiger partial charge in [0.05, 0.1) is 17.3 Å². The second-order valence-electron chi connectivity index (χ2n) is 4.49. The largest absolute Gasteiger partial charge is 0.398 e. The molecule has 7 heteroatoms. The molecule has 2 N–H and O–H groups in total. The molecule has 21 heavy (non-hydrogen) atoms. The molecule has 1 aromatic heterocycles. The number of hydrogen-bond acceptors (Lipinski definition) is 4. The zero-order valence-electron chi connectivity index (χ0n) is 10.9. The van der Waals surface area contributed by atoms with Gasteiger partial charge in [0.25, 0.3) is 0 Å². The minimum Gasteiger partial charge on any atom is -0.398 e. The van der Waals surface area contributed by atoms with Crippen molar-refractivity contribution in [3.8, 4) is 11.4 Å². The third-order valence-corrected chi connectivity index (χ3v) is 3.76. The van der Waals surface area contributed by atoms with Crippen molar-refractivity contribution in [3.05, 3.63) is 58.1 Å². The molecule has 0 aliphatic carbocycles. The number of tetrazole rings is 1. The monoisotopic (exact) mass is 319 g/mol. The summed E-state index contributed by atoms with van der Waals surface area (Å²) in [5.41, 5.74) is 7.97. The van der Waals surface area contributed by atoms with Gasteiger partial charge < -0.3 is 5.73 Å². The second-order valence-corrected chi connectivity index (χ2v) is 5.30. The van der Waals surface area contributed by atoms with Gasteiger partial charge in [-0.25, -0.2) is 4.68 Å². The van der Waals surface area contributed by atoms with Crippen LogP contribution in [0.15, 0.2) is 42.5 Å². The first-order chi connectivity index (χ1) is 10.1. The second kappa shape index (κ2) is 5.71. The Morgan fingerprint density at radius 1 is 1.05 bits per heavy atom. The van der Waals surface area contributed by atoms with Crippen LogP contribution in [0.25, 0.3) is 11.4 Å². The van der Waals surface area contributed by atoms with E-state index in [-0.39, 0.29) is 0 Å². The highest BCUT2D eigenvalue weighted by Crippen LogP contribution is 2.26. The summed E-state index contributed by atoms with van der Waals surface area (Å²) in [6, 6.07) is 12.9. The first kappa shape index (κ1) is 13.9. The van der Waals surface area contributed by atoms with Crippen LogP contribution in [0.1, 0.15) is 5.56 Å². The Morgan fingerprint density at radius 2 is 1.86 bits per heavy atom. The first-order valence-electron chi connectivity index (χ1n) is 6.20. The van der Waals surface area contributed by atoms with E-state index in [1.807, 2.05) is 30.3 Å². The molecule has 1 heterocycles. The van der Waals surface area contributed by atoms with Gasteiger partial charge in [0, 0.05) is 10.6 Å². The fraction of sp³-hybridized carbons (Fsp3) is 0.0714. The lowest BCUT2D eigenvalue weighted by molar-refractivity contribution is 0.653. The summed E-state index contributed by atoms with van der Waals surface area (Å²) in [5, 5.41) is 12.9. The van der Waals surface area contributed by atoms with Gasteiger partial charge in [0.1, 0.15) is 0 Å². The lowest BCUT2D eigenvalue weighted by Gasteiger charge is -2.07. The van der Waals surface area contributed by atoms with Gasteiger partial charge in [-0.05, 0) is 40.3 Å². The molecule has 3 rings (SSSR count). The van der Waals surface area contributed by atoms with Crippen molar-refractivity contribution in [1.82, 2.24) is 20.2 Å². The smallest absolute Gasteiger partial charge is 0.182 e. The summed E-state index contributed by atoms with van der Waals surface area (Å²) < 4.78 is 1.67. The standard InChI is InChI=1S/C14H11Cl2N5/c15-11-4-2-1-3-10(11)8-21-14(18-19-20-21)9-5-6-13(17)12(16)7-9/h1-7H,8,17H2. The highest BCUT2D eigenvalue weighted by atomic mass is 35.5. The molecule has 0 fully saturated rings. The number of anilines is 1. The van der Waals surface area contributed by atoms with E-state index < -0.39 is 0 Å². The predicted octanol–water partition coefficient (Wildman–Crippen LogP) is 3.28. The normalized spacial score (nSPS) is 10.8. The minimum atomic E-state index is 0.472. The molecule has 0 saturated carbocycles. The fourth-order valence-corrected chi connectivity index (χ4v) is 2.35. The summed E-state index contributed by atoms with van der Waals surface area (Å²) >= 11 is 12.2. The van der Waals surface area contributed by atoms with Crippen LogP contribution >= 0.6 is 23.2 Å². The Labute approximate surface area is 131 Å². The summed E-state index contributed by atoms with van der Waals surface area (Å²) in [7, 11) is 0. The van der Waals surface area contributed by atoms with Crippen molar-refractivity contribution in [2.75, 3.05) is 5.73 Å². The number of nitrogen functional groups attached to an aromatic ring is 1. The van der Waals surface area contributed by atoms with Gasteiger partial charge in [0.15, 0.2) is 5.82 Å². The van der Waals surface area contributed by atoms with Crippen LogP contribution in [-0.2, 0) is 6.54 Å². The molecule has 0 atom stereocenters. The van der Waals surface area contributed by atoms with Crippen molar-refractivity contribution in [1.29, 1.82) is 0 Å². The average Bonchev–Trinajstić information content (AvgIpc) is 2.93. The van der Waals surface area contributed by atoms with Gasteiger partial charge in [-0.1, -0.05) is 41.4 Å². The van der Waals surface area contributed by atoms with E-state index >= 15 is 0 Å². The van der Waals surface area contributed by atoms with E-state index in [9.17, 15) is 0 Å². The van der Waals surface area contributed by atoms with E-state index in [0.29, 0.717) is 28.1 Å². The van der Waals surface area contributed by atoms with E-state index in [0.717, 1.165) is 11.1 Å². The zero-order chi connectivity index (χ0) is 14.8. The topological polar surface area (TPSA) is 69.6 Å². The molecule has 0 aliphatic rings. The minimum absolute atomic E-state index is 0.472.